The maximum absolute atomic E-state index is 13.0. The van der Waals surface area contributed by atoms with Crippen molar-refractivity contribution >= 4 is 38.9 Å². The van der Waals surface area contributed by atoms with Crippen molar-refractivity contribution < 1.29 is 26.3 Å². The molecule has 2 aliphatic heterocycles. The summed E-state index contributed by atoms with van der Waals surface area (Å²) in [5, 5.41) is 3.66. The number of sulfonamides is 1. The molecule has 5 rings (SSSR count). The van der Waals surface area contributed by atoms with E-state index in [2.05, 4.69) is 25.2 Å². The highest BCUT2D eigenvalue weighted by Gasteiger charge is 2.30. The van der Waals surface area contributed by atoms with Crippen LogP contribution >= 0.6 is 11.6 Å². The molecule has 10 nitrogen and oxygen atoms in total. The molecule has 2 aliphatic rings. The number of pyridine rings is 1. The minimum Gasteiger partial charge on any atom is -0.462 e. The molecule has 0 amide bonds. The molecule has 15 heteroatoms. The minimum absolute atomic E-state index is 0.127. The van der Waals surface area contributed by atoms with Crippen molar-refractivity contribution in [2.75, 3.05) is 62.3 Å². The molecule has 1 aromatic carbocycles. The van der Waals surface area contributed by atoms with Crippen LogP contribution in [0.5, 0.6) is 6.01 Å². The lowest BCUT2D eigenvalue weighted by Gasteiger charge is -2.33. The van der Waals surface area contributed by atoms with Gasteiger partial charge in [-0.25, -0.2) is 13.4 Å². The number of halogens is 4. The van der Waals surface area contributed by atoms with Crippen molar-refractivity contribution in [3.8, 4) is 6.01 Å². The Balaban J connectivity index is 1.33. The van der Waals surface area contributed by atoms with E-state index in [1.54, 1.807) is 18.3 Å². The average Bonchev–Trinajstić information content (AvgIpc) is 2.93. The smallest absolute Gasteiger partial charge is 0.416 e. The average molecular weight is 612 g/mol. The Bertz CT molecular complexity index is 1480. The van der Waals surface area contributed by atoms with E-state index in [4.69, 9.17) is 16.3 Å². The highest BCUT2D eigenvalue weighted by molar-refractivity contribution is 7.88. The number of hydrogen-bond acceptors (Lipinski definition) is 9. The van der Waals surface area contributed by atoms with Gasteiger partial charge in [0.15, 0.2) is 0 Å². The Morgan fingerprint density at radius 3 is 2.44 bits per heavy atom. The maximum atomic E-state index is 13.0. The van der Waals surface area contributed by atoms with Gasteiger partial charge in [-0.2, -0.15) is 27.4 Å². The lowest BCUT2D eigenvalue weighted by Crippen LogP contribution is -2.49. The van der Waals surface area contributed by atoms with Gasteiger partial charge < -0.3 is 15.0 Å². The Hall–Kier alpha value is -3.20. The van der Waals surface area contributed by atoms with Gasteiger partial charge in [0.2, 0.25) is 10.0 Å². The van der Waals surface area contributed by atoms with Crippen LogP contribution < -0.4 is 15.0 Å². The van der Waals surface area contributed by atoms with Crippen molar-refractivity contribution in [3.63, 3.8) is 0 Å². The highest BCUT2D eigenvalue weighted by Crippen LogP contribution is 2.34. The van der Waals surface area contributed by atoms with Crippen molar-refractivity contribution in [3.05, 3.63) is 64.4 Å². The van der Waals surface area contributed by atoms with Gasteiger partial charge in [-0.05, 0) is 42.8 Å². The molecule has 0 atom stereocenters. The van der Waals surface area contributed by atoms with Crippen LogP contribution in [0.4, 0.5) is 30.5 Å². The third-order valence-corrected chi connectivity index (χ3v) is 8.60. The van der Waals surface area contributed by atoms with Gasteiger partial charge in [-0.15, -0.1) is 0 Å². The highest BCUT2D eigenvalue weighted by atomic mass is 35.5. The Kier molecular flexibility index (Phi) is 8.55. The van der Waals surface area contributed by atoms with Gasteiger partial charge in [-0.3, -0.25) is 4.90 Å². The summed E-state index contributed by atoms with van der Waals surface area (Å²) >= 11 is 6.38. The van der Waals surface area contributed by atoms with E-state index in [1.807, 2.05) is 4.90 Å². The molecule has 0 radical (unpaired) electrons. The molecule has 0 saturated carbocycles. The zero-order chi connectivity index (χ0) is 29.2. The van der Waals surface area contributed by atoms with E-state index in [-0.39, 0.29) is 12.6 Å². The largest absolute Gasteiger partial charge is 0.462 e. The number of piperazine rings is 1. The molecule has 0 unspecified atom stereocenters. The van der Waals surface area contributed by atoms with Crippen molar-refractivity contribution in [1.82, 2.24) is 24.2 Å². The number of benzene rings is 1. The number of nitrogens with one attached hydrogen (secondary N) is 1. The van der Waals surface area contributed by atoms with Gasteiger partial charge in [0.05, 0.1) is 29.1 Å². The first-order chi connectivity index (χ1) is 19.5. The molecule has 1 saturated heterocycles. The fourth-order valence-corrected chi connectivity index (χ4v) is 5.86. The summed E-state index contributed by atoms with van der Waals surface area (Å²) in [6.45, 7) is 3.81. The summed E-state index contributed by atoms with van der Waals surface area (Å²) in [6, 6.07) is 8.39. The van der Waals surface area contributed by atoms with Crippen molar-refractivity contribution in [1.29, 1.82) is 0 Å². The zero-order valence-corrected chi connectivity index (χ0v) is 23.8. The fraction of sp³-hybridized carbons (Fsp3) is 0.423. The van der Waals surface area contributed by atoms with Gasteiger partial charge in [0.1, 0.15) is 18.2 Å². The Labute approximate surface area is 241 Å². The molecule has 41 heavy (non-hydrogen) atoms. The van der Waals surface area contributed by atoms with E-state index in [0.29, 0.717) is 80.3 Å². The van der Waals surface area contributed by atoms with E-state index in [1.165, 1.54) is 22.7 Å². The SMILES string of the molecule is CS(=O)(=O)N1CCN(CCOc2nc3c(c(Nc4ccc(C(F)(F)F)cc4)n2)CCN(c2ncccc2Cl)C3)CC1. The van der Waals surface area contributed by atoms with Crippen LogP contribution in [-0.2, 0) is 29.2 Å². The third kappa shape index (κ3) is 7.18. The van der Waals surface area contributed by atoms with Crippen LogP contribution in [0.3, 0.4) is 0 Å². The molecule has 0 spiro atoms. The second-order valence-electron chi connectivity index (χ2n) is 9.81. The van der Waals surface area contributed by atoms with Gasteiger partial charge in [0.25, 0.3) is 0 Å². The topological polar surface area (TPSA) is 104 Å². The first-order valence-corrected chi connectivity index (χ1v) is 15.2. The molecule has 1 N–H and O–H groups in total. The Morgan fingerprint density at radius 2 is 1.78 bits per heavy atom. The standard InChI is InChI=1S/C26H29ClF3N7O3S/c1-41(38,39)37-13-11-35(12-14-37)15-16-40-25-33-22-17-36(24-21(27)3-2-9-31-24)10-8-20(22)23(34-25)32-19-6-4-18(5-7-19)26(28,29)30/h2-7,9H,8,10-17H2,1H3,(H,32,33,34). The number of hydrogen-bond donors (Lipinski definition) is 1. The van der Waals surface area contributed by atoms with Crippen molar-refractivity contribution in [2.45, 2.75) is 19.1 Å². The summed E-state index contributed by atoms with van der Waals surface area (Å²) < 4.78 is 70.0. The van der Waals surface area contributed by atoms with Crippen LogP contribution in [0.1, 0.15) is 16.8 Å². The summed E-state index contributed by atoms with van der Waals surface area (Å²) in [4.78, 5) is 17.7. The lowest BCUT2D eigenvalue weighted by atomic mass is 10.1. The van der Waals surface area contributed by atoms with E-state index in [0.717, 1.165) is 17.7 Å². The molecule has 4 heterocycles. The monoisotopic (exact) mass is 611 g/mol. The summed E-state index contributed by atoms with van der Waals surface area (Å²) in [6.07, 6.45) is -1.01. The summed E-state index contributed by atoms with van der Waals surface area (Å²) in [7, 11) is -3.21. The molecular formula is C26H29ClF3N7O3S. The molecule has 0 bridgehead atoms. The second-order valence-corrected chi connectivity index (χ2v) is 12.2. The minimum atomic E-state index is -4.43. The number of alkyl halides is 3. The van der Waals surface area contributed by atoms with Gasteiger partial charge in [0, 0.05) is 56.7 Å². The van der Waals surface area contributed by atoms with Crippen LogP contribution in [-0.4, -0.2) is 84.7 Å². The van der Waals surface area contributed by atoms with Gasteiger partial charge in [-0.1, -0.05) is 11.6 Å². The van der Waals surface area contributed by atoms with E-state index in [9.17, 15) is 21.6 Å². The summed E-state index contributed by atoms with van der Waals surface area (Å²) in [5.74, 6) is 1.09. The molecule has 2 aromatic heterocycles. The predicted octanol–water partition coefficient (Wildman–Crippen LogP) is 3.81. The van der Waals surface area contributed by atoms with Crippen LogP contribution in [0, 0.1) is 0 Å². The number of aromatic nitrogens is 3. The predicted molar refractivity (Wildman–Crippen MR) is 149 cm³/mol. The fourth-order valence-electron chi connectivity index (χ4n) is 4.80. The van der Waals surface area contributed by atoms with Crippen molar-refractivity contribution in [2.24, 2.45) is 0 Å². The van der Waals surface area contributed by atoms with Crippen LogP contribution in [0.15, 0.2) is 42.6 Å². The number of anilines is 3. The number of rotatable bonds is 8. The van der Waals surface area contributed by atoms with Gasteiger partial charge >= 0.3 is 12.2 Å². The molecule has 0 aliphatic carbocycles. The second kappa shape index (κ2) is 12.0. The molecule has 1 fully saturated rings. The maximum Gasteiger partial charge on any atom is 0.416 e. The molecule has 220 valence electrons. The van der Waals surface area contributed by atoms with E-state index < -0.39 is 21.8 Å². The number of nitrogens with zero attached hydrogens (tertiary/aromatic N) is 6. The first kappa shape index (κ1) is 29.3. The number of ether oxygens (including phenoxy) is 1. The lowest BCUT2D eigenvalue weighted by molar-refractivity contribution is -0.137. The molecule has 3 aromatic rings. The quantitative estimate of drug-likeness (QED) is 0.407. The summed E-state index contributed by atoms with van der Waals surface area (Å²) in [5.41, 5.74) is 1.23. The number of fused-ring (bicyclic) bond motifs is 1. The normalized spacial score (nSPS) is 16.9. The van der Waals surface area contributed by atoms with E-state index >= 15 is 0 Å². The van der Waals surface area contributed by atoms with Crippen LogP contribution in [0.25, 0.3) is 0 Å². The third-order valence-electron chi connectivity index (χ3n) is 7.00. The first-order valence-electron chi connectivity index (χ1n) is 13.0. The zero-order valence-electron chi connectivity index (χ0n) is 22.2. The Morgan fingerprint density at radius 1 is 1.05 bits per heavy atom. The molecular weight excluding hydrogens is 583 g/mol. The van der Waals surface area contributed by atoms with Crippen LogP contribution in [0.2, 0.25) is 5.02 Å².